The lowest BCUT2D eigenvalue weighted by Gasteiger charge is -2.17. The van der Waals surface area contributed by atoms with E-state index in [0.29, 0.717) is 12.6 Å². The minimum atomic E-state index is 0. The molecule has 4 nitrogen and oxygen atoms in total. The molecule has 1 aliphatic heterocycles. The van der Waals surface area contributed by atoms with E-state index in [2.05, 4.69) is 26.4 Å². The highest BCUT2D eigenvalue weighted by Crippen LogP contribution is 2.29. The quantitative estimate of drug-likeness (QED) is 0.340. The van der Waals surface area contributed by atoms with Crippen LogP contribution < -0.4 is 10.6 Å². The summed E-state index contributed by atoms with van der Waals surface area (Å²) in [5.41, 5.74) is 0. The fraction of sp³-hybridized carbons (Fsp3) is 0.750. The molecule has 0 aromatic heterocycles. The topological polar surface area (TPSA) is 39.7 Å². The second-order valence-electron chi connectivity index (χ2n) is 4.49. The van der Waals surface area contributed by atoms with Gasteiger partial charge in [-0.15, -0.1) is 30.4 Å². The van der Waals surface area contributed by atoms with E-state index in [-0.39, 0.29) is 24.0 Å². The summed E-state index contributed by atoms with van der Waals surface area (Å²) in [5, 5.41) is 6.50. The fourth-order valence-corrected chi connectivity index (χ4v) is 2.20. The molecular weight excluding hydrogens is 327 g/mol. The number of likely N-dealkylation sites (tertiary alicyclic amines) is 1. The Bertz CT molecular complexity index is 306. The predicted octanol–water partition coefficient (Wildman–Crippen LogP) is 0.639. The van der Waals surface area contributed by atoms with Crippen LogP contribution in [0.5, 0.6) is 0 Å². The minimum absolute atomic E-state index is 0. The van der Waals surface area contributed by atoms with E-state index >= 15 is 0 Å². The zero-order chi connectivity index (χ0) is 11.4. The van der Waals surface area contributed by atoms with Gasteiger partial charge in [0.2, 0.25) is 0 Å². The number of halogens is 1. The zero-order valence-electron chi connectivity index (χ0n) is 10.3. The second kappa shape index (κ2) is 7.07. The summed E-state index contributed by atoms with van der Waals surface area (Å²) in [7, 11) is 1.78. The Labute approximate surface area is 121 Å². The van der Waals surface area contributed by atoms with Crippen molar-refractivity contribution < 1.29 is 0 Å². The summed E-state index contributed by atoms with van der Waals surface area (Å²) in [5.74, 6) is 3.37. The summed E-state index contributed by atoms with van der Waals surface area (Å²) in [6, 6.07) is 1.39. The number of nitrogens with zero attached hydrogens (tertiary/aromatic N) is 2. The predicted molar refractivity (Wildman–Crippen MR) is 81.7 cm³/mol. The molecule has 1 heterocycles. The third-order valence-electron chi connectivity index (χ3n) is 3.21. The van der Waals surface area contributed by atoms with Gasteiger partial charge in [0, 0.05) is 32.2 Å². The average Bonchev–Trinajstić information content (AvgIpc) is 3.05. The first kappa shape index (κ1) is 14.6. The molecule has 2 N–H and O–H groups in total. The van der Waals surface area contributed by atoms with Gasteiger partial charge in [-0.3, -0.25) is 9.89 Å². The van der Waals surface area contributed by atoms with E-state index in [9.17, 15) is 0 Å². The van der Waals surface area contributed by atoms with Gasteiger partial charge in [-0.05, 0) is 19.3 Å². The van der Waals surface area contributed by atoms with E-state index < -0.39 is 0 Å². The lowest BCUT2D eigenvalue weighted by atomic mass is 10.3. The molecule has 0 spiro atoms. The van der Waals surface area contributed by atoms with E-state index in [1.165, 1.54) is 25.8 Å². The molecule has 0 bridgehead atoms. The van der Waals surface area contributed by atoms with Crippen LogP contribution in [0.4, 0.5) is 0 Å². The van der Waals surface area contributed by atoms with Gasteiger partial charge in [0.25, 0.3) is 0 Å². The Morgan fingerprint density at radius 2 is 2.24 bits per heavy atom. The van der Waals surface area contributed by atoms with Crippen LogP contribution in [0, 0.1) is 12.3 Å². The molecule has 1 saturated heterocycles. The van der Waals surface area contributed by atoms with Gasteiger partial charge < -0.3 is 10.6 Å². The third kappa shape index (κ3) is 4.36. The number of rotatable bonds is 3. The van der Waals surface area contributed by atoms with Crippen LogP contribution in [-0.2, 0) is 0 Å². The normalized spacial score (nSPS) is 24.9. The first-order chi connectivity index (χ1) is 7.83. The first-order valence-corrected chi connectivity index (χ1v) is 5.98. The number of aliphatic imine (C=N–C) groups is 1. The molecule has 5 heteroatoms. The van der Waals surface area contributed by atoms with Crippen LogP contribution >= 0.6 is 24.0 Å². The number of hydrogen-bond acceptors (Lipinski definition) is 2. The number of guanidine groups is 1. The van der Waals surface area contributed by atoms with Gasteiger partial charge in [-0.2, -0.15) is 0 Å². The minimum Gasteiger partial charge on any atom is -0.352 e. The first-order valence-electron chi connectivity index (χ1n) is 5.98. The maximum absolute atomic E-state index is 5.21. The molecule has 0 aromatic rings. The molecule has 1 saturated carbocycles. The summed E-state index contributed by atoms with van der Waals surface area (Å²) in [6.45, 7) is 2.88. The summed E-state index contributed by atoms with van der Waals surface area (Å²) in [6.07, 6.45) is 9.18. The van der Waals surface area contributed by atoms with Crippen molar-refractivity contribution in [1.29, 1.82) is 0 Å². The Hall–Kier alpha value is -0.480. The Kier molecular flexibility index (Phi) is 6.06. The lowest BCUT2D eigenvalue weighted by Crippen LogP contribution is -2.44. The van der Waals surface area contributed by atoms with Gasteiger partial charge >= 0.3 is 0 Å². The number of nitrogens with one attached hydrogen (secondary N) is 2. The largest absolute Gasteiger partial charge is 0.352 e. The van der Waals surface area contributed by atoms with Crippen molar-refractivity contribution in [3.05, 3.63) is 0 Å². The van der Waals surface area contributed by atoms with Gasteiger partial charge in [0.1, 0.15) is 0 Å². The van der Waals surface area contributed by atoms with Gasteiger partial charge in [-0.1, -0.05) is 5.92 Å². The molecule has 17 heavy (non-hydrogen) atoms. The Morgan fingerprint density at radius 3 is 2.82 bits per heavy atom. The van der Waals surface area contributed by atoms with Gasteiger partial charge in [0.15, 0.2) is 5.96 Å². The molecule has 0 radical (unpaired) electrons. The van der Waals surface area contributed by atoms with Crippen molar-refractivity contribution in [3.63, 3.8) is 0 Å². The highest BCUT2D eigenvalue weighted by atomic mass is 127. The van der Waals surface area contributed by atoms with Crippen LogP contribution in [0.15, 0.2) is 4.99 Å². The van der Waals surface area contributed by atoms with Crippen LogP contribution in [0.2, 0.25) is 0 Å². The van der Waals surface area contributed by atoms with Crippen molar-refractivity contribution >= 4 is 29.9 Å². The SMILES string of the molecule is C#CCNC(=NC)NC1CCN(C2CC2)C1.I. The molecule has 1 atom stereocenters. The Morgan fingerprint density at radius 1 is 1.47 bits per heavy atom. The van der Waals surface area contributed by atoms with E-state index in [1.54, 1.807) is 7.05 Å². The van der Waals surface area contributed by atoms with Crippen molar-refractivity contribution in [3.8, 4) is 12.3 Å². The van der Waals surface area contributed by atoms with Crippen LogP contribution in [0.1, 0.15) is 19.3 Å². The van der Waals surface area contributed by atoms with Crippen molar-refractivity contribution in [2.75, 3.05) is 26.7 Å². The number of terminal acetylenes is 1. The molecule has 96 valence electrons. The van der Waals surface area contributed by atoms with Crippen LogP contribution in [0.3, 0.4) is 0 Å². The average molecular weight is 348 g/mol. The highest BCUT2D eigenvalue weighted by molar-refractivity contribution is 14.0. The van der Waals surface area contributed by atoms with Crippen LogP contribution in [-0.4, -0.2) is 49.6 Å². The van der Waals surface area contributed by atoms with Gasteiger partial charge in [0.05, 0.1) is 6.54 Å². The van der Waals surface area contributed by atoms with E-state index in [4.69, 9.17) is 6.42 Å². The smallest absolute Gasteiger partial charge is 0.192 e. The molecule has 2 fully saturated rings. The summed E-state index contributed by atoms with van der Waals surface area (Å²) < 4.78 is 0. The van der Waals surface area contributed by atoms with Crippen molar-refractivity contribution in [1.82, 2.24) is 15.5 Å². The monoisotopic (exact) mass is 348 g/mol. The molecule has 1 unspecified atom stereocenters. The maximum Gasteiger partial charge on any atom is 0.192 e. The highest BCUT2D eigenvalue weighted by Gasteiger charge is 2.34. The van der Waals surface area contributed by atoms with Gasteiger partial charge in [-0.25, -0.2) is 0 Å². The molecular formula is C12H21IN4. The standard InChI is InChI=1S/C12H20N4.HI/c1-3-7-14-12(13-2)15-10-6-8-16(9-10)11-4-5-11;/h1,10-11H,4-9H2,2H3,(H2,13,14,15);1H. The molecule has 1 aliphatic carbocycles. The molecule has 2 rings (SSSR count). The van der Waals surface area contributed by atoms with Crippen molar-refractivity contribution in [2.45, 2.75) is 31.3 Å². The second-order valence-corrected chi connectivity index (χ2v) is 4.49. The summed E-state index contributed by atoms with van der Waals surface area (Å²) in [4.78, 5) is 6.73. The fourth-order valence-electron chi connectivity index (χ4n) is 2.20. The Balaban J connectivity index is 0.00000144. The third-order valence-corrected chi connectivity index (χ3v) is 3.21. The molecule has 0 amide bonds. The van der Waals surface area contributed by atoms with Crippen LogP contribution in [0.25, 0.3) is 0 Å². The molecule has 0 aromatic carbocycles. The lowest BCUT2D eigenvalue weighted by molar-refractivity contribution is 0.321. The van der Waals surface area contributed by atoms with E-state index in [0.717, 1.165) is 18.5 Å². The summed E-state index contributed by atoms with van der Waals surface area (Å²) >= 11 is 0. The maximum atomic E-state index is 5.21. The van der Waals surface area contributed by atoms with E-state index in [1.807, 2.05) is 0 Å². The number of hydrogen-bond donors (Lipinski definition) is 2. The molecule has 2 aliphatic rings. The zero-order valence-corrected chi connectivity index (χ0v) is 12.6. The van der Waals surface area contributed by atoms with Crippen molar-refractivity contribution in [2.24, 2.45) is 4.99 Å².